The van der Waals surface area contributed by atoms with Crippen LogP contribution in [0.1, 0.15) is 54.4 Å². The van der Waals surface area contributed by atoms with E-state index in [9.17, 15) is 0 Å². The van der Waals surface area contributed by atoms with Gasteiger partial charge in [0.2, 0.25) is 0 Å². The molecule has 0 aromatic rings. The van der Waals surface area contributed by atoms with Crippen LogP contribution >= 0.6 is 11.8 Å². The number of rotatable bonds is 6. The fourth-order valence-electron chi connectivity index (χ4n) is 1.66. The van der Waals surface area contributed by atoms with E-state index < -0.39 is 0 Å². The molecule has 0 amide bonds. The summed E-state index contributed by atoms with van der Waals surface area (Å²) in [6, 6.07) is 0. The van der Waals surface area contributed by atoms with Gasteiger partial charge in [0.15, 0.2) is 0 Å². The van der Waals surface area contributed by atoms with Crippen molar-refractivity contribution in [2.75, 3.05) is 0 Å². The van der Waals surface area contributed by atoms with Crippen molar-refractivity contribution in [3.05, 3.63) is 11.5 Å². The van der Waals surface area contributed by atoms with Crippen molar-refractivity contribution in [1.82, 2.24) is 0 Å². The lowest BCUT2D eigenvalue weighted by Gasteiger charge is -2.47. The first-order valence-electron chi connectivity index (χ1n) is 6.08. The van der Waals surface area contributed by atoms with Crippen molar-refractivity contribution >= 4 is 19.6 Å². The van der Waals surface area contributed by atoms with Crippen molar-refractivity contribution in [2.24, 2.45) is 11.3 Å². The highest BCUT2D eigenvalue weighted by atomic mass is 32.2. The van der Waals surface area contributed by atoms with E-state index in [1.54, 1.807) is 0 Å². The largest absolute Gasteiger partial charge is 0.133 e. The molecule has 88 valence electrons. The molecule has 15 heavy (non-hydrogen) atoms. The molecule has 0 rings (SSSR count). The lowest BCUT2D eigenvalue weighted by Crippen LogP contribution is -2.45. The summed E-state index contributed by atoms with van der Waals surface area (Å²) in [5.74, 6) is 0.694. The summed E-state index contributed by atoms with van der Waals surface area (Å²) < 4.78 is 0.300. The highest BCUT2D eigenvalue weighted by molar-refractivity contribution is 8.05. The van der Waals surface area contributed by atoms with Crippen LogP contribution in [0, 0.1) is 11.3 Å². The minimum absolute atomic E-state index is 0.300. The van der Waals surface area contributed by atoms with Crippen molar-refractivity contribution in [1.29, 1.82) is 0 Å². The summed E-state index contributed by atoms with van der Waals surface area (Å²) in [5, 5.41) is 0. The third-order valence-electron chi connectivity index (χ3n) is 4.24. The van der Waals surface area contributed by atoms with Crippen LogP contribution < -0.4 is 0 Å². The van der Waals surface area contributed by atoms with E-state index in [-0.39, 0.29) is 0 Å². The van der Waals surface area contributed by atoms with Gasteiger partial charge in [-0.25, -0.2) is 0 Å². The SMILES string of the molecule is BC(CC)(SC(=C)CC)C(C)(C)C(C)C. The van der Waals surface area contributed by atoms with Gasteiger partial charge in [-0.2, -0.15) is 0 Å². The number of hydrogen-bond acceptors (Lipinski definition) is 1. The summed E-state index contributed by atoms with van der Waals surface area (Å²) in [7, 11) is 2.39. The van der Waals surface area contributed by atoms with Gasteiger partial charge in [0.1, 0.15) is 7.85 Å². The Morgan fingerprint density at radius 2 is 1.80 bits per heavy atom. The van der Waals surface area contributed by atoms with Crippen molar-refractivity contribution in [2.45, 2.75) is 59.0 Å². The van der Waals surface area contributed by atoms with Gasteiger partial charge in [-0.1, -0.05) is 48.1 Å². The molecule has 0 spiro atoms. The Kier molecular flexibility index (Phi) is 5.53. The van der Waals surface area contributed by atoms with Gasteiger partial charge in [-0.15, -0.1) is 11.8 Å². The van der Waals surface area contributed by atoms with E-state index >= 15 is 0 Å². The quantitative estimate of drug-likeness (QED) is 0.615. The first kappa shape index (κ1) is 15.2. The van der Waals surface area contributed by atoms with Gasteiger partial charge in [-0.3, -0.25) is 0 Å². The smallest absolute Gasteiger partial charge is 0.123 e. The molecule has 0 aromatic heterocycles. The minimum Gasteiger partial charge on any atom is -0.133 e. The van der Waals surface area contributed by atoms with E-state index in [0.29, 0.717) is 16.0 Å². The minimum atomic E-state index is 0.300. The number of thioether (sulfide) groups is 1. The Labute approximate surface area is 102 Å². The van der Waals surface area contributed by atoms with Crippen LogP contribution in [0.15, 0.2) is 11.5 Å². The summed E-state index contributed by atoms with van der Waals surface area (Å²) in [4.78, 5) is 1.31. The molecule has 2 heteroatoms. The molecule has 1 atom stereocenters. The van der Waals surface area contributed by atoms with Gasteiger partial charge in [0, 0.05) is 0 Å². The van der Waals surface area contributed by atoms with Crippen molar-refractivity contribution < 1.29 is 0 Å². The normalized spacial score (nSPS) is 16.5. The predicted octanol–water partition coefficient (Wildman–Crippen LogP) is 4.06. The van der Waals surface area contributed by atoms with Crippen LogP contribution in [0.4, 0.5) is 0 Å². The molecule has 0 N–H and O–H groups in total. The fraction of sp³-hybridized carbons (Fsp3) is 0.846. The van der Waals surface area contributed by atoms with Crippen molar-refractivity contribution in [3.63, 3.8) is 0 Å². The van der Waals surface area contributed by atoms with Crippen LogP contribution in [-0.2, 0) is 0 Å². The maximum atomic E-state index is 4.14. The van der Waals surface area contributed by atoms with Gasteiger partial charge in [-0.05, 0) is 33.7 Å². The Morgan fingerprint density at radius 3 is 2.07 bits per heavy atom. The molecule has 0 saturated heterocycles. The third-order valence-corrected chi connectivity index (χ3v) is 6.09. The summed E-state index contributed by atoms with van der Waals surface area (Å²) in [6.45, 7) is 18.0. The second-order valence-corrected chi connectivity index (χ2v) is 7.14. The average molecular weight is 226 g/mol. The van der Waals surface area contributed by atoms with E-state index in [4.69, 9.17) is 0 Å². The Bertz CT molecular complexity index is 221. The molecular formula is C13H27BS. The van der Waals surface area contributed by atoms with Gasteiger partial charge in [0.05, 0.1) is 0 Å². The third kappa shape index (κ3) is 3.30. The molecule has 0 saturated carbocycles. The monoisotopic (exact) mass is 226 g/mol. The van der Waals surface area contributed by atoms with Gasteiger partial charge < -0.3 is 0 Å². The molecule has 0 aliphatic rings. The zero-order valence-electron chi connectivity index (χ0n) is 11.6. The lowest BCUT2D eigenvalue weighted by atomic mass is 9.60. The van der Waals surface area contributed by atoms with Crippen molar-refractivity contribution in [3.8, 4) is 0 Å². The maximum Gasteiger partial charge on any atom is 0.123 e. The highest BCUT2D eigenvalue weighted by Gasteiger charge is 2.42. The molecule has 1 unspecified atom stereocenters. The second-order valence-electron chi connectivity index (χ2n) is 5.46. The van der Waals surface area contributed by atoms with E-state index in [2.05, 4.69) is 56.0 Å². The van der Waals surface area contributed by atoms with E-state index in [1.165, 1.54) is 11.3 Å². The summed E-state index contributed by atoms with van der Waals surface area (Å²) in [6.07, 6.45) is 2.27. The molecule has 0 fully saturated rings. The molecular weight excluding hydrogens is 199 g/mol. The Balaban J connectivity index is 4.91. The Hall–Kier alpha value is 0.155. The zero-order chi connectivity index (χ0) is 12.3. The average Bonchev–Trinajstić information content (AvgIpc) is 2.16. The molecule has 0 aromatic carbocycles. The predicted molar refractivity (Wildman–Crippen MR) is 77.2 cm³/mol. The van der Waals surface area contributed by atoms with Crippen LogP contribution in [0.3, 0.4) is 0 Å². The van der Waals surface area contributed by atoms with Gasteiger partial charge in [0.25, 0.3) is 0 Å². The highest BCUT2D eigenvalue weighted by Crippen LogP contribution is 2.49. The van der Waals surface area contributed by atoms with E-state index in [0.717, 1.165) is 6.42 Å². The lowest BCUT2D eigenvalue weighted by molar-refractivity contribution is 0.214. The molecule has 0 aliphatic carbocycles. The molecule has 0 nitrogen and oxygen atoms in total. The first-order valence-corrected chi connectivity index (χ1v) is 6.89. The van der Waals surface area contributed by atoms with Crippen LogP contribution in [0.2, 0.25) is 0 Å². The number of hydrogen-bond donors (Lipinski definition) is 0. The zero-order valence-corrected chi connectivity index (χ0v) is 12.4. The molecule has 0 aliphatic heterocycles. The summed E-state index contributed by atoms with van der Waals surface area (Å²) >= 11 is 1.99. The van der Waals surface area contributed by atoms with Crippen LogP contribution in [0.5, 0.6) is 0 Å². The standard InChI is InChI=1S/C13H27BS/c1-8-11(5)15-13(14,9-2)12(6,7)10(3)4/h10H,5,8-9,14H2,1-4,6-7H3. The van der Waals surface area contributed by atoms with Crippen LogP contribution in [-0.4, -0.2) is 12.5 Å². The van der Waals surface area contributed by atoms with E-state index in [1.807, 2.05) is 11.8 Å². The maximum absolute atomic E-state index is 4.14. The second kappa shape index (κ2) is 5.47. The molecule has 0 heterocycles. The van der Waals surface area contributed by atoms with Crippen LogP contribution in [0.25, 0.3) is 0 Å². The topological polar surface area (TPSA) is 0 Å². The summed E-state index contributed by atoms with van der Waals surface area (Å²) in [5.41, 5.74) is 0.338. The number of allylic oxidation sites excluding steroid dienone is 1. The Morgan fingerprint density at radius 1 is 1.33 bits per heavy atom. The molecule has 0 bridgehead atoms. The first-order chi connectivity index (χ1) is 6.71. The molecule has 0 radical (unpaired) electrons. The van der Waals surface area contributed by atoms with Gasteiger partial charge >= 0.3 is 0 Å². The fourth-order valence-corrected chi connectivity index (χ4v) is 3.09.